The molecule has 0 saturated heterocycles. The second-order valence-corrected chi connectivity index (χ2v) is 9.55. The van der Waals surface area contributed by atoms with Gasteiger partial charge in [0.1, 0.15) is 0 Å². The predicted octanol–water partition coefficient (Wildman–Crippen LogP) is 7.44. The second-order valence-electron chi connectivity index (χ2n) is 8.70. The van der Waals surface area contributed by atoms with Crippen LogP contribution in [0.3, 0.4) is 0 Å². The van der Waals surface area contributed by atoms with Crippen LogP contribution in [-0.4, -0.2) is 17.9 Å². The maximum absolute atomic E-state index is 10.1. The normalized spacial score (nSPS) is 21.0. The number of fused-ring (bicyclic) bond motifs is 3. The van der Waals surface area contributed by atoms with Gasteiger partial charge in [-0.1, -0.05) is 42.0 Å². The van der Waals surface area contributed by atoms with Gasteiger partial charge in [0, 0.05) is 17.8 Å². The van der Waals surface area contributed by atoms with Crippen molar-refractivity contribution in [1.29, 1.82) is 0 Å². The molecule has 2 aliphatic rings. The van der Waals surface area contributed by atoms with Gasteiger partial charge < -0.3 is 15.2 Å². The number of aliphatic imine (C=N–C) groups is 1. The minimum atomic E-state index is 0.106. The summed E-state index contributed by atoms with van der Waals surface area (Å²) in [5.41, 5.74) is 6.98. The molecule has 4 nitrogen and oxygen atoms in total. The lowest BCUT2D eigenvalue weighted by molar-refractivity contribution is 0.317. The summed E-state index contributed by atoms with van der Waals surface area (Å²) in [6, 6.07) is 19.1. The van der Waals surface area contributed by atoms with Gasteiger partial charge in [-0.2, -0.15) is 0 Å². The van der Waals surface area contributed by atoms with Crippen molar-refractivity contribution in [1.82, 2.24) is 0 Å². The highest BCUT2D eigenvalue weighted by Gasteiger charge is 2.37. The van der Waals surface area contributed by atoms with E-state index in [1.807, 2.05) is 13.0 Å². The number of rotatable bonds is 5. The van der Waals surface area contributed by atoms with Crippen LogP contribution in [0.2, 0.25) is 0 Å². The number of aromatic hydroxyl groups is 1. The number of nitrogens with one attached hydrogen (secondary N) is 1. The molecule has 1 heterocycles. The van der Waals surface area contributed by atoms with Gasteiger partial charge in [0.15, 0.2) is 11.5 Å². The molecule has 3 aromatic rings. The molecular weight excluding hydrogens is 476 g/mol. The van der Waals surface area contributed by atoms with Gasteiger partial charge in [-0.15, -0.1) is 0 Å². The number of benzene rings is 3. The summed E-state index contributed by atoms with van der Waals surface area (Å²) in [5.74, 6) is 1.55. The molecule has 1 aliphatic heterocycles. The Kier molecular flexibility index (Phi) is 5.98. The molecule has 3 aromatic carbocycles. The molecular formula is C28H27BrN2O2. The van der Waals surface area contributed by atoms with E-state index in [9.17, 15) is 5.11 Å². The lowest BCUT2D eigenvalue weighted by Gasteiger charge is -2.37. The van der Waals surface area contributed by atoms with Gasteiger partial charge in [-0.3, -0.25) is 4.99 Å². The van der Waals surface area contributed by atoms with Crippen LogP contribution in [0.25, 0.3) is 0 Å². The van der Waals surface area contributed by atoms with E-state index < -0.39 is 0 Å². The summed E-state index contributed by atoms with van der Waals surface area (Å²) in [5, 5.41) is 13.9. The first-order chi connectivity index (χ1) is 16.0. The minimum Gasteiger partial charge on any atom is -0.503 e. The largest absolute Gasteiger partial charge is 0.503 e. The van der Waals surface area contributed by atoms with Crippen molar-refractivity contribution in [2.45, 2.75) is 32.2 Å². The molecule has 5 heteroatoms. The van der Waals surface area contributed by atoms with Crippen molar-refractivity contribution >= 4 is 33.5 Å². The average Bonchev–Trinajstić information content (AvgIpc) is 3.31. The average molecular weight is 503 g/mol. The Morgan fingerprint density at radius 3 is 2.76 bits per heavy atom. The molecule has 168 valence electrons. The summed E-state index contributed by atoms with van der Waals surface area (Å²) in [6.45, 7) is 4.53. The topological polar surface area (TPSA) is 53.8 Å². The van der Waals surface area contributed by atoms with Crippen molar-refractivity contribution in [2.24, 2.45) is 10.9 Å². The summed E-state index contributed by atoms with van der Waals surface area (Å²) >= 11 is 3.38. The number of phenols is 1. The number of phenolic OH excluding ortho intramolecular Hbond substituents is 1. The van der Waals surface area contributed by atoms with E-state index in [0.29, 0.717) is 28.7 Å². The summed E-state index contributed by atoms with van der Waals surface area (Å²) in [6.07, 6.45) is 7.58. The van der Waals surface area contributed by atoms with Crippen molar-refractivity contribution in [3.63, 3.8) is 0 Å². The van der Waals surface area contributed by atoms with E-state index in [1.165, 1.54) is 22.4 Å². The van der Waals surface area contributed by atoms with Gasteiger partial charge in [0.2, 0.25) is 0 Å². The monoisotopic (exact) mass is 502 g/mol. The number of hydrogen-bond donors (Lipinski definition) is 2. The number of hydrogen-bond acceptors (Lipinski definition) is 4. The number of aryl methyl sites for hydroxylation is 1. The highest BCUT2D eigenvalue weighted by atomic mass is 79.9. The van der Waals surface area contributed by atoms with Crippen LogP contribution in [0.1, 0.15) is 47.6 Å². The SMILES string of the molecule is CCOc1cc(C=Nc2ccc([C@@H]3Nc4ccc(C)cc4[C@H]4C=CC[C@@H]43)cc2)cc(Br)c1O. The Labute approximate surface area is 203 Å². The molecule has 0 saturated carbocycles. The highest BCUT2D eigenvalue weighted by molar-refractivity contribution is 9.10. The van der Waals surface area contributed by atoms with Crippen LogP contribution in [-0.2, 0) is 0 Å². The summed E-state index contributed by atoms with van der Waals surface area (Å²) < 4.78 is 6.09. The summed E-state index contributed by atoms with van der Waals surface area (Å²) in [4.78, 5) is 4.63. The lowest BCUT2D eigenvalue weighted by atomic mass is 9.76. The first-order valence-corrected chi connectivity index (χ1v) is 12.2. The quantitative estimate of drug-likeness (QED) is 0.281. The molecule has 0 unspecified atom stereocenters. The molecule has 0 bridgehead atoms. The van der Waals surface area contributed by atoms with Crippen LogP contribution < -0.4 is 10.1 Å². The lowest BCUT2D eigenvalue weighted by Crippen LogP contribution is -2.29. The number of ether oxygens (including phenoxy) is 1. The summed E-state index contributed by atoms with van der Waals surface area (Å²) in [7, 11) is 0. The molecule has 0 fully saturated rings. The maximum atomic E-state index is 10.1. The molecule has 33 heavy (non-hydrogen) atoms. The molecule has 2 N–H and O–H groups in total. The molecule has 1 aliphatic carbocycles. The highest BCUT2D eigenvalue weighted by Crippen LogP contribution is 2.50. The van der Waals surface area contributed by atoms with Gasteiger partial charge in [-0.25, -0.2) is 0 Å². The van der Waals surface area contributed by atoms with E-state index in [1.54, 1.807) is 12.3 Å². The van der Waals surface area contributed by atoms with Crippen molar-refractivity contribution in [3.8, 4) is 11.5 Å². The smallest absolute Gasteiger partial charge is 0.172 e. The number of allylic oxidation sites excluding steroid dienone is 2. The van der Waals surface area contributed by atoms with Crippen LogP contribution in [0.5, 0.6) is 11.5 Å². The molecule has 5 rings (SSSR count). The Hall–Kier alpha value is -3.05. The zero-order chi connectivity index (χ0) is 22.9. The van der Waals surface area contributed by atoms with Crippen LogP contribution >= 0.6 is 15.9 Å². The maximum Gasteiger partial charge on any atom is 0.172 e. The fraction of sp³-hybridized carbons (Fsp3) is 0.250. The number of anilines is 1. The second kappa shape index (κ2) is 9.06. The van der Waals surface area contributed by atoms with Gasteiger partial charge >= 0.3 is 0 Å². The van der Waals surface area contributed by atoms with E-state index in [4.69, 9.17) is 4.74 Å². The number of nitrogens with zero attached hydrogens (tertiary/aromatic N) is 1. The zero-order valence-electron chi connectivity index (χ0n) is 18.8. The Morgan fingerprint density at radius 2 is 1.97 bits per heavy atom. The number of halogens is 1. The zero-order valence-corrected chi connectivity index (χ0v) is 20.3. The minimum absolute atomic E-state index is 0.106. The van der Waals surface area contributed by atoms with Gasteiger partial charge in [-0.05, 0) is 89.1 Å². The predicted molar refractivity (Wildman–Crippen MR) is 138 cm³/mol. The molecule has 0 radical (unpaired) electrons. The van der Waals surface area contributed by atoms with E-state index in [-0.39, 0.29) is 11.8 Å². The van der Waals surface area contributed by atoms with Gasteiger partial charge in [0.25, 0.3) is 0 Å². The first-order valence-electron chi connectivity index (χ1n) is 11.4. The third-order valence-corrected chi connectivity index (χ3v) is 7.09. The van der Waals surface area contributed by atoms with Gasteiger partial charge in [0.05, 0.1) is 22.8 Å². The van der Waals surface area contributed by atoms with Crippen molar-refractivity contribution in [3.05, 3.63) is 93.5 Å². The molecule has 0 spiro atoms. The van der Waals surface area contributed by atoms with Crippen LogP contribution in [0.4, 0.5) is 11.4 Å². The van der Waals surface area contributed by atoms with E-state index in [2.05, 4.69) is 87.8 Å². The van der Waals surface area contributed by atoms with Crippen molar-refractivity contribution < 1.29 is 9.84 Å². The van der Waals surface area contributed by atoms with E-state index in [0.717, 1.165) is 17.7 Å². The Bertz CT molecular complexity index is 1230. The third kappa shape index (κ3) is 4.30. The van der Waals surface area contributed by atoms with E-state index >= 15 is 0 Å². The standard InChI is InChI=1S/C28H27BrN2O2/c1-3-33-26-15-18(14-24(29)28(26)32)16-30-20-10-8-19(9-11-20)27-22-6-4-5-21(22)23-13-17(2)7-12-25(23)31-27/h4-5,7-16,21-22,27,31-32H,3,6H2,1-2H3/t21-,22-,27-/m0/s1. The van der Waals surface area contributed by atoms with Crippen LogP contribution in [0.15, 0.2) is 76.2 Å². The first kappa shape index (κ1) is 21.8. The third-order valence-electron chi connectivity index (χ3n) is 6.48. The van der Waals surface area contributed by atoms with Crippen molar-refractivity contribution in [2.75, 3.05) is 11.9 Å². The Morgan fingerprint density at radius 1 is 1.15 bits per heavy atom. The Balaban J connectivity index is 1.37. The molecule has 0 aromatic heterocycles. The fourth-order valence-electron chi connectivity index (χ4n) is 4.89. The van der Waals surface area contributed by atoms with Crippen LogP contribution in [0, 0.1) is 12.8 Å². The molecule has 0 amide bonds. The molecule has 3 atom stereocenters. The fourth-order valence-corrected chi connectivity index (χ4v) is 5.35.